The zero-order chi connectivity index (χ0) is 12.4. The minimum Gasteiger partial charge on any atom is -0.480 e. The molecule has 1 aromatic carbocycles. The summed E-state index contributed by atoms with van der Waals surface area (Å²) >= 11 is 0. The van der Waals surface area contributed by atoms with Gasteiger partial charge in [-0.1, -0.05) is 0 Å². The molecule has 88 valence electrons. The lowest BCUT2D eigenvalue weighted by molar-refractivity contribution is -0.138. The van der Waals surface area contributed by atoms with Crippen molar-refractivity contribution < 1.29 is 9.90 Å². The van der Waals surface area contributed by atoms with E-state index in [-0.39, 0.29) is 0 Å². The molecule has 0 bridgehead atoms. The molecular formula is C12H13N3O2. The average Bonchev–Trinajstić information content (AvgIpc) is 2.36. The quantitative estimate of drug-likeness (QED) is 0.801. The zero-order valence-corrected chi connectivity index (χ0v) is 9.47. The molecule has 0 aliphatic carbocycles. The lowest BCUT2D eigenvalue weighted by Gasteiger charge is -2.34. The van der Waals surface area contributed by atoms with E-state index in [2.05, 4.69) is 11.4 Å². The number of hydrogen-bond donors (Lipinski definition) is 2. The SMILES string of the molecule is CC(C(=O)O)N1CCNc2cc(C#N)ccc21. The number of nitrogens with zero attached hydrogens (tertiary/aromatic N) is 2. The molecule has 0 radical (unpaired) electrons. The highest BCUT2D eigenvalue weighted by Crippen LogP contribution is 2.31. The van der Waals surface area contributed by atoms with Crippen molar-refractivity contribution in [1.29, 1.82) is 5.26 Å². The predicted octanol–water partition coefficient (Wildman–Crippen LogP) is 1.26. The van der Waals surface area contributed by atoms with Crippen LogP contribution in [0.2, 0.25) is 0 Å². The Kier molecular flexibility index (Phi) is 2.88. The summed E-state index contributed by atoms with van der Waals surface area (Å²) in [4.78, 5) is 12.8. The number of nitrogens with one attached hydrogen (secondary N) is 1. The summed E-state index contributed by atoms with van der Waals surface area (Å²) in [7, 11) is 0. The molecule has 0 saturated carbocycles. The number of carboxylic acid groups (broad SMARTS) is 1. The van der Waals surface area contributed by atoms with Gasteiger partial charge in [0, 0.05) is 13.1 Å². The van der Waals surface area contributed by atoms with E-state index in [1.54, 1.807) is 25.1 Å². The Morgan fingerprint density at radius 2 is 2.41 bits per heavy atom. The van der Waals surface area contributed by atoms with Crippen LogP contribution < -0.4 is 10.2 Å². The van der Waals surface area contributed by atoms with Gasteiger partial charge in [0.2, 0.25) is 0 Å². The van der Waals surface area contributed by atoms with Crippen molar-refractivity contribution in [3.8, 4) is 6.07 Å². The number of aliphatic carboxylic acids is 1. The Morgan fingerprint density at radius 1 is 1.65 bits per heavy atom. The molecule has 5 nitrogen and oxygen atoms in total. The topological polar surface area (TPSA) is 76.4 Å². The second kappa shape index (κ2) is 4.34. The molecule has 2 rings (SSSR count). The third-order valence-electron chi connectivity index (χ3n) is 2.93. The second-order valence-electron chi connectivity index (χ2n) is 3.98. The first-order chi connectivity index (χ1) is 8.13. The van der Waals surface area contributed by atoms with Gasteiger partial charge in [0.05, 0.1) is 23.0 Å². The van der Waals surface area contributed by atoms with E-state index in [1.807, 2.05) is 4.90 Å². The van der Waals surface area contributed by atoms with Gasteiger partial charge in [-0.25, -0.2) is 4.79 Å². The van der Waals surface area contributed by atoms with Crippen LogP contribution in [-0.2, 0) is 4.79 Å². The van der Waals surface area contributed by atoms with Crippen LogP contribution >= 0.6 is 0 Å². The van der Waals surface area contributed by atoms with E-state index in [4.69, 9.17) is 10.4 Å². The highest BCUT2D eigenvalue weighted by molar-refractivity contribution is 5.82. The lowest BCUT2D eigenvalue weighted by Crippen LogP contribution is -2.44. The lowest BCUT2D eigenvalue weighted by atomic mass is 10.1. The van der Waals surface area contributed by atoms with Crippen molar-refractivity contribution in [3.05, 3.63) is 23.8 Å². The van der Waals surface area contributed by atoms with Crippen LogP contribution in [0.1, 0.15) is 12.5 Å². The van der Waals surface area contributed by atoms with Gasteiger partial charge in [-0.3, -0.25) is 0 Å². The van der Waals surface area contributed by atoms with Gasteiger partial charge >= 0.3 is 5.97 Å². The van der Waals surface area contributed by atoms with E-state index in [0.717, 1.165) is 11.4 Å². The smallest absolute Gasteiger partial charge is 0.326 e. The van der Waals surface area contributed by atoms with Gasteiger partial charge in [0.25, 0.3) is 0 Å². The van der Waals surface area contributed by atoms with E-state index < -0.39 is 12.0 Å². The first-order valence-corrected chi connectivity index (χ1v) is 5.41. The number of carbonyl (C=O) groups is 1. The Labute approximate surface area is 99.3 Å². The Morgan fingerprint density at radius 3 is 3.06 bits per heavy atom. The van der Waals surface area contributed by atoms with Crippen LogP contribution in [0.15, 0.2) is 18.2 Å². The number of nitriles is 1. The van der Waals surface area contributed by atoms with Crippen molar-refractivity contribution in [2.75, 3.05) is 23.3 Å². The molecule has 0 amide bonds. The van der Waals surface area contributed by atoms with Crippen LogP contribution in [0.3, 0.4) is 0 Å². The van der Waals surface area contributed by atoms with Crippen LogP contribution in [-0.4, -0.2) is 30.2 Å². The number of carboxylic acids is 1. The Hall–Kier alpha value is -2.22. The predicted molar refractivity (Wildman–Crippen MR) is 64.1 cm³/mol. The van der Waals surface area contributed by atoms with Crippen molar-refractivity contribution >= 4 is 17.3 Å². The van der Waals surface area contributed by atoms with E-state index in [1.165, 1.54) is 0 Å². The second-order valence-corrected chi connectivity index (χ2v) is 3.98. The van der Waals surface area contributed by atoms with Gasteiger partial charge in [0.1, 0.15) is 6.04 Å². The number of fused-ring (bicyclic) bond motifs is 1. The minimum atomic E-state index is -0.845. The van der Waals surface area contributed by atoms with Crippen molar-refractivity contribution in [1.82, 2.24) is 0 Å². The largest absolute Gasteiger partial charge is 0.480 e. The van der Waals surface area contributed by atoms with Gasteiger partial charge in [-0.15, -0.1) is 0 Å². The van der Waals surface area contributed by atoms with Crippen molar-refractivity contribution in [3.63, 3.8) is 0 Å². The highest BCUT2D eigenvalue weighted by atomic mass is 16.4. The molecule has 1 unspecified atom stereocenters. The van der Waals surface area contributed by atoms with Gasteiger partial charge in [-0.05, 0) is 25.1 Å². The number of hydrogen-bond acceptors (Lipinski definition) is 4. The fourth-order valence-corrected chi connectivity index (χ4v) is 1.96. The number of rotatable bonds is 2. The fraction of sp³-hybridized carbons (Fsp3) is 0.333. The molecule has 0 aromatic heterocycles. The number of anilines is 2. The molecule has 1 aliphatic rings. The van der Waals surface area contributed by atoms with Crippen molar-refractivity contribution in [2.45, 2.75) is 13.0 Å². The molecule has 0 saturated heterocycles. The maximum absolute atomic E-state index is 11.0. The third-order valence-corrected chi connectivity index (χ3v) is 2.93. The third kappa shape index (κ3) is 2.02. The minimum absolute atomic E-state index is 0.566. The monoisotopic (exact) mass is 231 g/mol. The Balaban J connectivity index is 2.39. The zero-order valence-electron chi connectivity index (χ0n) is 9.47. The van der Waals surface area contributed by atoms with E-state index in [0.29, 0.717) is 18.7 Å². The van der Waals surface area contributed by atoms with Crippen LogP contribution in [0.5, 0.6) is 0 Å². The fourth-order valence-electron chi connectivity index (χ4n) is 1.96. The maximum atomic E-state index is 11.0. The molecule has 5 heteroatoms. The Bertz CT molecular complexity index is 493. The van der Waals surface area contributed by atoms with Gasteiger partial charge < -0.3 is 15.3 Å². The molecule has 1 heterocycles. The van der Waals surface area contributed by atoms with Crippen LogP contribution in [0, 0.1) is 11.3 Å². The van der Waals surface area contributed by atoms with Crippen molar-refractivity contribution in [2.24, 2.45) is 0 Å². The summed E-state index contributed by atoms with van der Waals surface area (Å²) in [5.41, 5.74) is 2.23. The molecule has 1 atom stereocenters. The van der Waals surface area contributed by atoms with Gasteiger partial charge in [-0.2, -0.15) is 5.26 Å². The summed E-state index contributed by atoms with van der Waals surface area (Å²) in [5, 5.41) is 21.0. The van der Waals surface area contributed by atoms with E-state index >= 15 is 0 Å². The highest BCUT2D eigenvalue weighted by Gasteiger charge is 2.25. The average molecular weight is 231 g/mol. The normalized spacial score (nSPS) is 15.4. The first kappa shape index (κ1) is 11.3. The standard InChI is InChI=1S/C12H13N3O2/c1-8(12(16)17)15-5-4-14-10-6-9(7-13)2-3-11(10)15/h2-3,6,8,14H,4-5H2,1H3,(H,16,17). The summed E-state index contributed by atoms with van der Waals surface area (Å²) in [6, 6.07) is 6.74. The number of benzene rings is 1. The summed E-state index contributed by atoms with van der Waals surface area (Å²) < 4.78 is 0. The van der Waals surface area contributed by atoms with Crippen LogP contribution in [0.4, 0.5) is 11.4 Å². The summed E-state index contributed by atoms with van der Waals surface area (Å²) in [6.07, 6.45) is 0. The first-order valence-electron chi connectivity index (χ1n) is 5.41. The van der Waals surface area contributed by atoms with Crippen LogP contribution in [0.25, 0.3) is 0 Å². The molecule has 17 heavy (non-hydrogen) atoms. The summed E-state index contributed by atoms with van der Waals surface area (Å²) in [5.74, 6) is -0.845. The van der Waals surface area contributed by atoms with Gasteiger partial charge in [0.15, 0.2) is 0 Å². The molecular weight excluding hydrogens is 218 g/mol. The molecule has 0 spiro atoms. The van der Waals surface area contributed by atoms with E-state index in [9.17, 15) is 4.79 Å². The summed E-state index contributed by atoms with van der Waals surface area (Å²) in [6.45, 7) is 2.99. The molecule has 1 aliphatic heterocycles. The molecule has 0 fully saturated rings. The molecule has 2 N–H and O–H groups in total. The maximum Gasteiger partial charge on any atom is 0.326 e. The molecule has 1 aromatic rings.